The molecule has 1 amide bonds. The molecule has 1 unspecified atom stereocenters. The third-order valence-corrected chi connectivity index (χ3v) is 4.79. The minimum atomic E-state index is -0.199. The fraction of sp³-hybridized carbons (Fsp3) is 0.316. The number of nitrogens with one attached hydrogen (secondary N) is 2. The van der Waals surface area contributed by atoms with E-state index in [1.54, 1.807) is 6.07 Å². The summed E-state index contributed by atoms with van der Waals surface area (Å²) in [7, 11) is 1.89. The van der Waals surface area contributed by atoms with Crippen LogP contribution in [0.5, 0.6) is 0 Å². The smallest absolute Gasteiger partial charge is 0.269 e. The topological polar surface area (TPSA) is 75.6 Å². The van der Waals surface area contributed by atoms with E-state index in [0.717, 1.165) is 28.9 Å². The third-order valence-electron chi connectivity index (χ3n) is 4.55. The zero-order valence-corrected chi connectivity index (χ0v) is 16.1. The molecule has 0 fully saturated rings. The molecular weight excluding hydrogens is 350 g/mol. The second kappa shape index (κ2) is 7.33. The Morgan fingerprint density at radius 2 is 2.12 bits per heavy atom. The van der Waals surface area contributed by atoms with Crippen LogP contribution in [-0.2, 0) is 7.05 Å². The number of aromatic nitrogens is 4. The fourth-order valence-electron chi connectivity index (χ4n) is 3.09. The Labute approximate surface area is 157 Å². The van der Waals surface area contributed by atoms with Crippen molar-refractivity contribution >= 4 is 17.5 Å². The van der Waals surface area contributed by atoms with Gasteiger partial charge >= 0.3 is 0 Å². The molecule has 0 radical (unpaired) electrons. The van der Waals surface area contributed by atoms with Gasteiger partial charge in [-0.15, -0.1) is 0 Å². The zero-order valence-electron chi connectivity index (χ0n) is 15.3. The van der Waals surface area contributed by atoms with Gasteiger partial charge in [-0.2, -0.15) is 10.2 Å². The van der Waals surface area contributed by atoms with Crippen molar-refractivity contribution in [1.29, 1.82) is 0 Å². The number of hydrogen-bond donors (Lipinski definition) is 2. The number of benzene rings is 1. The van der Waals surface area contributed by atoms with Crippen LogP contribution in [-0.4, -0.2) is 25.9 Å². The maximum absolute atomic E-state index is 12.7. The van der Waals surface area contributed by atoms with Crippen molar-refractivity contribution in [2.75, 3.05) is 0 Å². The largest absolute Gasteiger partial charge is 0.344 e. The molecule has 0 saturated carbocycles. The Morgan fingerprint density at radius 3 is 2.73 bits per heavy atom. The highest BCUT2D eigenvalue weighted by molar-refractivity contribution is 6.30. The van der Waals surface area contributed by atoms with Crippen molar-refractivity contribution in [3.05, 3.63) is 58.0 Å². The normalized spacial score (nSPS) is 12.2. The van der Waals surface area contributed by atoms with Gasteiger partial charge in [0, 0.05) is 23.3 Å². The minimum Gasteiger partial charge on any atom is -0.344 e. The molecular formula is C19H22ClN5O. The molecule has 2 heterocycles. The molecule has 2 N–H and O–H groups in total. The summed E-state index contributed by atoms with van der Waals surface area (Å²) in [5.74, 6) is -0.199. The number of rotatable bonds is 5. The molecule has 1 atom stereocenters. The van der Waals surface area contributed by atoms with Crippen LogP contribution in [0.3, 0.4) is 0 Å². The van der Waals surface area contributed by atoms with Gasteiger partial charge < -0.3 is 5.32 Å². The lowest BCUT2D eigenvalue weighted by Crippen LogP contribution is -2.28. The molecule has 26 heavy (non-hydrogen) atoms. The highest BCUT2D eigenvalue weighted by atomic mass is 35.5. The van der Waals surface area contributed by atoms with Crippen LogP contribution in [0.4, 0.5) is 0 Å². The van der Waals surface area contributed by atoms with E-state index < -0.39 is 0 Å². The van der Waals surface area contributed by atoms with Gasteiger partial charge in [0.1, 0.15) is 5.69 Å². The molecule has 3 aromatic rings. The molecule has 0 spiro atoms. The first kappa shape index (κ1) is 18.2. The molecule has 7 heteroatoms. The van der Waals surface area contributed by atoms with Crippen LogP contribution < -0.4 is 5.32 Å². The van der Waals surface area contributed by atoms with Crippen LogP contribution in [0.1, 0.15) is 46.8 Å². The van der Waals surface area contributed by atoms with Crippen LogP contribution in [0.15, 0.2) is 30.3 Å². The molecule has 0 aliphatic heterocycles. The standard InChI is InChI=1S/C19H22ClN5O/c1-5-15(13-7-6-8-14(20)9-13)21-19(26)17-10-16(22-23-17)18-11(2)24-25(4)12(18)3/h6-10,15H,5H2,1-4H3,(H,21,26)(H,22,23). The van der Waals surface area contributed by atoms with E-state index in [9.17, 15) is 4.79 Å². The summed E-state index contributed by atoms with van der Waals surface area (Å²) in [4.78, 5) is 12.7. The molecule has 3 rings (SSSR count). The fourth-order valence-corrected chi connectivity index (χ4v) is 3.29. The van der Waals surface area contributed by atoms with Crippen LogP contribution in [0.2, 0.25) is 5.02 Å². The van der Waals surface area contributed by atoms with E-state index in [0.29, 0.717) is 16.4 Å². The quantitative estimate of drug-likeness (QED) is 0.712. The lowest BCUT2D eigenvalue weighted by molar-refractivity contribution is 0.0930. The Morgan fingerprint density at radius 1 is 1.35 bits per heavy atom. The molecule has 0 aliphatic rings. The summed E-state index contributed by atoms with van der Waals surface area (Å²) in [6.45, 7) is 5.94. The van der Waals surface area contributed by atoms with Crippen molar-refractivity contribution in [3.63, 3.8) is 0 Å². The lowest BCUT2D eigenvalue weighted by Gasteiger charge is -2.17. The van der Waals surface area contributed by atoms with Crippen molar-refractivity contribution in [2.45, 2.75) is 33.2 Å². The molecule has 6 nitrogen and oxygen atoms in total. The number of nitrogens with zero attached hydrogens (tertiary/aromatic N) is 3. The van der Waals surface area contributed by atoms with E-state index in [1.807, 2.05) is 56.8 Å². The molecule has 0 aliphatic carbocycles. The van der Waals surface area contributed by atoms with Crippen molar-refractivity contribution < 1.29 is 4.79 Å². The summed E-state index contributed by atoms with van der Waals surface area (Å²) in [6.07, 6.45) is 0.758. The molecule has 1 aromatic carbocycles. The first-order valence-electron chi connectivity index (χ1n) is 8.53. The van der Waals surface area contributed by atoms with E-state index in [1.165, 1.54) is 0 Å². The van der Waals surface area contributed by atoms with Gasteiger partial charge in [0.25, 0.3) is 5.91 Å². The second-order valence-corrected chi connectivity index (χ2v) is 6.76. The number of carbonyl (C=O) groups is 1. The van der Waals surface area contributed by atoms with Gasteiger partial charge in [0.15, 0.2) is 0 Å². The SMILES string of the molecule is CCC(NC(=O)c1cc(-c2c(C)nn(C)c2C)n[nH]1)c1cccc(Cl)c1. The molecule has 2 aromatic heterocycles. The van der Waals surface area contributed by atoms with Gasteiger partial charge in [-0.3, -0.25) is 14.6 Å². The first-order valence-corrected chi connectivity index (χ1v) is 8.90. The average molecular weight is 372 g/mol. The first-order chi connectivity index (χ1) is 12.4. The van der Waals surface area contributed by atoms with E-state index in [-0.39, 0.29) is 11.9 Å². The van der Waals surface area contributed by atoms with E-state index >= 15 is 0 Å². The number of aryl methyl sites for hydroxylation is 2. The van der Waals surface area contributed by atoms with Gasteiger partial charge in [0.05, 0.1) is 17.4 Å². The second-order valence-electron chi connectivity index (χ2n) is 6.33. The summed E-state index contributed by atoms with van der Waals surface area (Å²) in [5.41, 5.74) is 4.95. The average Bonchev–Trinajstić information content (AvgIpc) is 3.17. The Hall–Kier alpha value is -2.60. The van der Waals surface area contributed by atoms with Gasteiger partial charge in [0.2, 0.25) is 0 Å². The monoisotopic (exact) mass is 371 g/mol. The lowest BCUT2D eigenvalue weighted by atomic mass is 10.0. The summed E-state index contributed by atoms with van der Waals surface area (Å²) < 4.78 is 1.81. The number of aromatic amines is 1. The number of halogens is 1. The van der Waals surface area contributed by atoms with Crippen LogP contribution in [0, 0.1) is 13.8 Å². The number of hydrogen-bond acceptors (Lipinski definition) is 3. The number of amides is 1. The van der Waals surface area contributed by atoms with Crippen LogP contribution in [0.25, 0.3) is 11.3 Å². The predicted octanol–water partition coefficient (Wildman–Crippen LogP) is 3.96. The molecule has 0 bridgehead atoms. The molecule has 136 valence electrons. The van der Waals surface area contributed by atoms with Crippen LogP contribution >= 0.6 is 11.6 Å². The van der Waals surface area contributed by atoms with E-state index in [2.05, 4.69) is 20.6 Å². The van der Waals surface area contributed by atoms with Crippen molar-refractivity contribution in [1.82, 2.24) is 25.3 Å². The minimum absolute atomic E-state index is 0.116. The summed E-state index contributed by atoms with van der Waals surface area (Å²) in [5, 5.41) is 15.2. The van der Waals surface area contributed by atoms with Crippen molar-refractivity contribution in [3.8, 4) is 11.3 Å². The third kappa shape index (κ3) is 3.51. The molecule has 0 saturated heterocycles. The highest BCUT2D eigenvalue weighted by Gasteiger charge is 2.19. The maximum atomic E-state index is 12.7. The number of carbonyl (C=O) groups excluding carboxylic acids is 1. The summed E-state index contributed by atoms with van der Waals surface area (Å²) in [6, 6.07) is 9.18. The maximum Gasteiger partial charge on any atom is 0.269 e. The van der Waals surface area contributed by atoms with Gasteiger partial charge in [-0.25, -0.2) is 0 Å². The summed E-state index contributed by atoms with van der Waals surface area (Å²) >= 11 is 6.07. The Kier molecular flexibility index (Phi) is 5.13. The Balaban J connectivity index is 1.81. The van der Waals surface area contributed by atoms with Gasteiger partial charge in [-0.05, 0) is 44.0 Å². The number of H-pyrrole nitrogens is 1. The predicted molar refractivity (Wildman–Crippen MR) is 102 cm³/mol. The zero-order chi connectivity index (χ0) is 18.8. The highest BCUT2D eigenvalue weighted by Crippen LogP contribution is 2.26. The van der Waals surface area contributed by atoms with Gasteiger partial charge in [-0.1, -0.05) is 30.7 Å². The Bertz CT molecular complexity index is 943. The van der Waals surface area contributed by atoms with E-state index in [4.69, 9.17) is 11.6 Å². The van der Waals surface area contributed by atoms with Crippen molar-refractivity contribution in [2.24, 2.45) is 7.05 Å².